The van der Waals surface area contributed by atoms with E-state index in [2.05, 4.69) is 9.97 Å². The Balaban J connectivity index is 2.62. The van der Waals surface area contributed by atoms with Crippen molar-refractivity contribution < 1.29 is 14.6 Å². The predicted octanol–water partition coefficient (Wildman–Crippen LogP) is 2.75. The van der Waals surface area contributed by atoms with E-state index in [0.29, 0.717) is 27.9 Å². The van der Waals surface area contributed by atoms with Gasteiger partial charge in [0.05, 0.1) is 17.7 Å². The number of aromatic nitrogens is 2. The first-order valence-corrected chi connectivity index (χ1v) is 5.55. The number of ether oxygens (including phenoxy) is 1. The first kappa shape index (κ1) is 12.4. The van der Waals surface area contributed by atoms with Crippen molar-refractivity contribution in [2.45, 2.75) is 6.92 Å². The Morgan fingerprint density at radius 2 is 2.22 bits per heavy atom. The van der Waals surface area contributed by atoms with Crippen LogP contribution in [-0.4, -0.2) is 28.2 Å². The lowest BCUT2D eigenvalue weighted by Gasteiger charge is -2.07. The highest BCUT2D eigenvalue weighted by Crippen LogP contribution is 2.34. The maximum atomic E-state index is 11.0. The topological polar surface area (TPSA) is 75.2 Å². The number of hydrogen-bond acceptors (Lipinski definition) is 3. The fraction of sp³-hybridized carbons (Fsp3) is 0.167. The van der Waals surface area contributed by atoms with Crippen LogP contribution < -0.4 is 4.74 Å². The molecule has 2 N–H and O–H groups in total. The molecule has 0 saturated heterocycles. The summed E-state index contributed by atoms with van der Waals surface area (Å²) in [6, 6.07) is 5.18. The van der Waals surface area contributed by atoms with Gasteiger partial charge in [0, 0.05) is 5.69 Å². The highest BCUT2D eigenvalue weighted by atomic mass is 35.5. The van der Waals surface area contributed by atoms with E-state index in [9.17, 15) is 4.79 Å². The Kier molecular flexibility index (Phi) is 3.25. The summed E-state index contributed by atoms with van der Waals surface area (Å²) in [5, 5.41) is 9.42. The molecule has 5 nitrogen and oxygen atoms in total. The van der Waals surface area contributed by atoms with E-state index >= 15 is 0 Å². The number of rotatable bonds is 3. The van der Waals surface area contributed by atoms with Crippen LogP contribution in [0.5, 0.6) is 5.75 Å². The molecular formula is C12H11ClN2O3. The highest BCUT2D eigenvalue weighted by Gasteiger charge is 2.18. The van der Waals surface area contributed by atoms with Gasteiger partial charge in [-0.1, -0.05) is 17.7 Å². The lowest BCUT2D eigenvalue weighted by Crippen LogP contribution is -1.98. The normalized spacial score (nSPS) is 10.4. The maximum Gasteiger partial charge on any atom is 0.356 e. The fourth-order valence-corrected chi connectivity index (χ4v) is 1.95. The van der Waals surface area contributed by atoms with Crippen molar-refractivity contribution in [1.29, 1.82) is 0 Å². The number of carbonyl (C=O) groups is 1. The summed E-state index contributed by atoms with van der Waals surface area (Å²) in [4.78, 5) is 17.9. The molecule has 6 heteroatoms. The third-order valence-electron chi connectivity index (χ3n) is 2.52. The number of methoxy groups -OCH3 is 1. The number of H-pyrrole nitrogens is 1. The van der Waals surface area contributed by atoms with Gasteiger partial charge >= 0.3 is 5.97 Å². The minimum Gasteiger partial charge on any atom is -0.496 e. The SMILES string of the molecule is COc1cccc(Cl)c1-c1nc(C(=O)O)c(C)[nH]1. The summed E-state index contributed by atoms with van der Waals surface area (Å²) in [5.74, 6) is -0.165. The first-order valence-electron chi connectivity index (χ1n) is 5.17. The summed E-state index contributed by atoms with van der Waals surface area (Å²) < 4.78 is 5.20. The number of aryl methyl sites for hydroxylation is 1. The van der Waals surface area contributed by atoms with Gasteiger partial charge in [-0.3, -0.25) is 0 Å². The molecule has 0 saturated carbocycles. The second kappa shape index (κ2) is 4.70. The predicted molar refractivity (Wildman–Crippen MR) is 67.3 cm³/mol. The van der Waals surface area contributed by atoms with Crippen molar-refractivity contribution in [3.8, 4) is 17.1 Å². The van der Waals surface area contributed by atoms with Gasteiger partial charge < -0.3 is 14.8 Å². The Hall–Kier alpha value is -2.01. The largest absolute Gasteiger partial charge is 0.496 e. The summed E-state index contributed by atoms with van der Waals surface area (Å²) in [6.07, 6.45) is 0. The Morgan fingerprint density at radius 3 is 2.78 bits per heavy atom. The number of hydrogen-bond donors (Lipinski definition) is 2. The maximum absolute atomic E-state index is 11.0. The van der Waals surface area contributed by atoms with Crippen molar-refractivity contribution in [1.82, 2.24) is 9.97 Å². The molecule has 0 spiro atoms. The highest BCUT2D eigenvalue weighted by molar-refractivity contribution is 6.33. The van der Waals surface area contributed by atoms with Gasteiger partial charge in [0.1, 0.15) is 11.6 Å². The number of halogens is 1. The molecule has 94 valence electrons. The van der Waals surface area contributed by atoms with Crippen LogP contribution in [0.15, 0.2) is 18.2 Å². The van der Waals surface area contributed by atoms with E-state index < -0.39 is 5.97 Å². The molecule has 2 rings (SSSR count). The number of imidazole rings is 1. The number of aromatic carboxylic acids is 1. The van der Waals surface area contributed by atoms with Gasteiger partial charge in [-0.2, -0.15) is 0 Å². The number of carboxylic acid groups (broad SMARTS) is 1. The molecule has 2 aromatic rings. The van der Waals surface area contributed by atoms with Crippen molar-refractivity contribution in [3.05, 3.63) is 34.6 Å². The molecule has 0 bridgehead atoms. The second-order valence-electron chi connectivity index (χ2n) is 3.68. The summed E-state index contributed by atoms with van der Waals surface area (Å²) in [6.45, 7) is 1.64. The summed E-state index contributed by atoms with van der Waals surface area (Å²) >= 11 is 6.10. The van der Waals surface area contributed by atoms with Crippen LogP contribution in [0.1, 0.15) is 16.2 Å². The van der Waals surface area contributed by atoms with Gasteiger partial charge in [-0.05, 0) is 19.1 Å². The van der Waals surface area contributed by atoms with Crippen molar-refractivity contribution in [2.75, 3.05) is 7.11 Å². The second-order valence-corrected chi connectivity index (χ2v) is 4.09. The quantitative estimate of drug-likeness (QED) is 0.896. The molecule has 0 aliphatic carbocycles. The Labute approximate surface area is 108 Å². The van der Waals surface area contributed by atoms with Crippen LogP contribution in [0, 0.1) is 6.92 Å². The molecule has 0 amide bonds. The molecular weight excluding hydrogens is 256 g/mol. The van der Waals surface area contributed by atoms with Gasteiger partial charge in [0.15, 0.2) is 5.69 Å². The average molecular weight is 267 g/mol. The monoisotopic (exact) mass is 266 g/mol. The first-order chi connectivity index (χ1) is 8.54. The van der Waals surface area contributed by atoms with Crippen molar-refractivity contribution in [2.24, 2.45) is 0 Å². The van der Waals surface area contributed by atoms with Crippen LogP contribution >= 0.6 is 11.6 Å². The lowest BCUT2D eigenvalue weighted by molar-refractivity contribution is 0.0690. The lowest BCUT2D eigenvalue weighted by atomic mass is 10.2. The van der Waals surface area contributed by atoms with E-state index in [1.54, 1.807) is 25.1 Å². The number of nitrogens with zero attached hydrogens (tertiary/aromatic N) is 1. The number of nitrogens with one attached hydrogen (secondary N) is 1. The van der Waals surface area contributed by atoms with E-state index in [-0.39, 0.29) is 5.69 Å². The van der Waals surface area contributed by atoms with Crippen LogP contribution in [-0.2, 0) is 0 Å². The number of carboxylic acids is 1. The van der Waals surface area contributed by atoms with Gasteiger partial charge in [0.2, 0.25) is 0 Å². The van der Waals surface area contributed by atoms with Gasteiger partial charge in [-0.25, -0.2) is 9.78 Å². The van der Waals surface area contributed by atoms with Crippen LogP contribution in [0.25, 0.3) is 11.4 Å². The number of aromatic amines is 1. The minimum absolute atomic E-state index is 0.0213. The summed E-state index contributed by atoms with van der Waals surface area (Å²) in [7, 11) is 1.52. The molecule has 0 radical (unpaired) electrons. The zero-order valence-electron chi connectivity index (χ0n) is 9.82. The minimum atomic E-state index is -1.08. The van der Waals surface area contributed by atoms with Crippen molar-refractivity contribution in [3.63, 3.8) is 0 Å². The molecule has 0 aliphatic rings. The molecule has 0 atom stereocenters. The Morgan fingerprint density at radius 1 is 1.50 bits per heavy atom. The number of benzene rings is 1. The van der Waals surface area contributed by atoms with Gasteiger partial charge in [-0.15, -0.1) is 0 Å². The molecule has 18 heavy (non-hydrogen) atoms. The van der Waals surface area contributed by atoms with Gasteiger partial charge in [0.25, 0.3) is 0 Å². The van der Waals surface area contributed by atoms with E-state index in [4.69, 9.17) is 21.4 Å². The molecule has 0 aliphatic heterocycles. The van der Waals surface area contributed by atoms with E-state index in [0.717, 1.165) is 0 Å². The fourth-order valence-electron chi connectivity index (χ4n) is 1.69. The zero-order valence-corrected chi connectivity index (χ0v) is 10.6. The third-order valence-corrected chi connectivity index (χ3v) is 2.83. The smallest absolute Gasteiger partial charge is 0.356 e. The molecule has 0 unspecified atom stereocenters. The molecule has 1 heterocycles. The zero-order chi connectivity index (χ0) is 13.3. The average Bonchev–Trinajstić information content (AvgIpc) is 2.70. The summed E-state index contributed by atoms with van der Waals surface area (Å²) in [5.41, 5.74) is 1.00. The van der Waals surface area contributed by atoms with E-state index in [1.807, 2.05) is 0 Å². The van der Waals surface area contributed by atoms with Crippen LogP contribution in [0.4, 0.5) is 0 Å². The van der Waals surface area contributed by atoms with Crippen LogP contribution in [0.2, 0.25) is 5.02 Å². The molecule has 1 aromatic heterocycles. The third kappa shape index (κ3) is 2.04. The standard InChI is InChI=1S/C12H11ClN2O3/c1-6-10(12(16)17)15-11(14-6)9-7(13)4-3-5-8(9)18-2/h3-5H,1-2H3,(H,14,15)(H,16,17). The molecule has 0 fully saturated rings. The van der Waals surface area contributed by atoms with Crippen molar-refractivity contribution >= 4 is 17.6 Å². The van der Waals surface area contributed by atoms with Crippen LogP contribution in [0.3, 0.4) is 0 Å². The molecule has 1 aromatic carbocycles. The van der Waals surface area contributed by atoms with E-state index in [1.165, 1.54) is 7.11 Å². The Bertz CT molecular complexity index is 607.